The second-order valence-corrected chi connectivity index (χ2v) is 2.64. The van der Waals surface area contributed by atoms with Crippen LogP contribution >= 0.6 is 0 Å². The van der Waals surface area contributed by atoms with Gasteiger partial charge in [-0.15, -0.1) is 0 Å². The van der Waals surface area contributed by atoms with E-state index in [4.69, 9.17) is 5.26 Å². The summed E-state index contributed by atoms with van der Waals surface area (Å²) in [7, 11) is 1.08. The number of aldehydes is 1. The zero-order valence-electron chi connectivity index (χ0n) is 7.78. The zero-order valence-corrected chi connectivity index (χ0v) is 7.78. The van der Waals surface area contributed by atoms with Gasteiger partial charge in [0, 0.05) is 5.56 Å². The van der Waals surface area contributed by atoms with Gasteiger partial charge in [0.05, 0.1) is 18.7 Å². The highest BCUT2D eigenvalue weighted by Gasteiger charge is 2.18. The monoisotopic (exact) mass is 207 g/mol. The molecule has 1 rings (SSSR count). The number of benzene rings is 1. The van der Waals surface area contributed by atoms with E-state index in [1.54, 1.807) is 6.07 Å². The average Bonchev–Trinajstić information content (AvgIpc) is 2.26. The molecule has 76 valence electrons. The Hall–Kier alpha value is -2.22. The van der Waals surface area contributed by atoms with Crippen LogP contribution in [0.15, 0.2) is 12.1 Å². The summed E-state index contributed by atoms with van der Waals surface area (Å²) in [6.07, 6.45) is 0.302. The fourth-order valence-corrected chi connectivity index (χ4v) is 1.10. The number of methoxy groups -OCH3 is 1. The first kappa shape index (κ1) is 10.9. The fraction of sp³-hybridized carbons (Fsp3) is 0.100. The van der Waals surface area contributed by atoms with Gasteiger partial charge in [-0.05, 0) is 12.1 Å². The summed E-state index contributed by atoms with van der Waals surface area (Å²) in [5.74, 6) is -1.89. The van der Waals surface area contributed by atoms with Gasteiger partial charge in [0.2, 0.25) is 0 Å². The minimum Gasteiger partial charge on any atom is -0.465 e. The molecule has 0 unspecified atom stereocenters. The predicted octanol–water partition coefficient (Wildman–Crippen LogP) is 1.30. The molecule has 0 saturated carbocycles. The molecule has 15 heavy (non-hydrogen) atoms. The van der Waals surface area contributed by atoms with Gasteiger partial charge in [0.25, 0.3) is 0 Å². The second-order valence-electron chi connectivity index (χ2n) is 2.64. The Labute approximate surface area is 84.9 Å². The standard InChI is InChI=1S/C10H6FNO3/c1-15-10(14)9-7(5-13)2-6(4-12)3-8(9)11/h2-3,5H,1H3. The first-order valence-electron chi connectivity index (χ1n) is 3.91. The van der Waals surface area contributed by atoms with E-state index in [0.29, 0.717) is 6.29 Å². The Morgan fingerprint density at radius 3 is 2.73 bits per heavy atom. The van der Waals surface area contributed by atoms with Gasteiger partial charge in [-0.3, -0.25) is 4.79 Å². The number of hydrogen-bond donors (Lipinski definition) is 0. The Balaban J connectivity index is 3.45. The highest BCUT2D eigenvalue weighted by atomic mass is 19.1. The number of halogens is 1. The molecule has 0 heterocycles. The van der Waals surface area contributed by atoms with Crippen molar-refractivity contribution in [3.63, 3.8) is 0 Å². The summed E-state index contributed by atoms with van der Waals surface area (Å²) >= 11 is 0. The number of carbonyl (C=O) groups excluding carboxylic acids is 2. The van der Waals surface area contributed by atoms with Crippen LogP contribution < -0.4 is 0 Å². The Kier molecular flexibility index (Phi) is 3.13. The van der Waals surface area contributed by atoms with E-state index in [-0.39, 0.29) is 11.1 Å². The SMILES string of the molecule is COC(=O)c1c(F)cc(C#N)cc1C=O. The molecule has 0 spiro atoms. The lowest BCUT2D eigenvalue weighted by molar-refractivity contribution is 0.0593. The molecule has 0 fully saturated rings. The molecular formula is C10H6FNO3. The number of nitriles is 1. The van der Waals surface area contributed by atoms with Crippen molar-refractivity contribution < 1.29 is 18.7 Å². The smallest absolute Gasteiger partial charge is 0.341 e. The van der Waals surface area contributed by atoms with Crippen LogP contribution in [0.1, 0.15) is 26.3 Å². The molecule has 0 aliphatic heterocycles. The van der Waals surface area contributed by atoms with Gasteiger partial charge in [0.1, 0.15) is 11.4 Å². The topological polar surface area (TPSA) is 67.2 Å². The van der Waals surface area contributed by atoms with Crippen LogP contribution in [0.4, 0.5) is 4.39 Å². The third kappa shape index (κ3) is 1.99. The van der Waals surface area contributed by atoms with Crippen molar-refractivity contribution in [2.24, 2.45) is 0 Å². The zero-order chi connectivity index (χ0) is 11.4. The summed E-state index contributed by atoms with van der Waals surface area (Å²) in [6, 6.07) is 3.68. The number of hydrogen-bond acceptors (Lipinski definition) is 4. The average molecular weight is 207 g/mol. The fourth-order valence-electron chi connectivity index (χ4n) is 1.10. The number of rotatable bonds is 2. The van der Waals surface area contributed by atoms with E-state index in [0.717, 1.165) is 19.2 Å². The van der Waals surface area contributed by atoms with Gasteiger partial charge < -0.3 is 4.74 Å². The highest BCUT2D eigenvalue weighted by molar-refractivity contribution is 5.98. The molecule has 4 nitrogen and oxygen atoms in total. The molecule has 1 aromatic carbocycles. The van der Waals surface area contributed by atoms with Gasteiger partial charge in [0.15, 0.2) is 6.29 Å². The third-order valence-corrected chi connectivity index (χ3v) is 1.77. The molecule has 0 aliphatic rings. The van der Waals surface area contributed by atoms with E-state index >= 15 is 0 Å². The molecule has 0 aromatic heterocycles. The number of esters is 1. The molecule has 0 N–H and O–H groups in total. The Morgan fingerprint density at radius 1 is 1.60 bits per heavy atom. The first-order chi connectivity index (χ1) is 7.13. The summed E-state index contributed by atoms with van der Waals surface area (Å²) in [6.45, 7) is 0. The van der Waals surface area contributed by atoms with Gasteiger partial charge in [-0.25, -0.2) is 9.18 Å². The minimum absolute atomic E-state index is 0.0257. The van der Waals surface area contributed by atoms with Crippen molar-refractivity contribution in [3.8, 4) is 6.07 Å². The van der Waals surface area contributed by atoms with Crippen molar-refractivity contribution in [2.75, 3.05) is 7.11 Å². The minimum atomic E-state index is -0.945. The van der Waals surface area contributed by atoms with Gasteiger partial charge >= 0.3 is 5.97 Å². The van der Waals surface area contributed by atoms with E-state index in [1.807, 2.05) is 0 Å². The maximum Gasteiger partial charge on any atom is 0.341 e. The van der Waals surface area contributed by atoms with Crippen LogP contribution in [0.25, 0.3) is 0 Å². The highest BCUT2D eigenvalue weighted by Crippen LogP contribution is 2.16. The lowest BCUT2D eigenvalue weighted by Crippen LogP contribution is -2.09. The quantitative estimate of drug-likeness (QED) is 0.541. The molecule has 1 aromatic rings. The number of nitrogens with zero attached hydrogens (tertiary/aromatic N) is 1. The van der Waals surface area contributed by atoms with Crippen molar-refractivity contribution >= 4 is 12.3 Å². The molecular weight excluding hydrogens is 201 g/mol. The van der Waals surface area contributed by atoms with E-state index in [2.05, 4.69) is 4.74 Å². The second kappa shape index (κ2) is 4.33. The van der Waals surface area contributed by atoms with Gasteiger partial charge in [-0.1, -0.05) is 0 Å². The molecule has 0 amide bonds. The lowest BCUT2D eigenvalue weighted by Gasteiger charge is -2.04. The Bertz CT molecular complexity index is 462. The Morgan fingerprint density at radius 2 is 2.27 bits per heavy atom. The van der Waals surface area contributed by atoms with Crippen LogP contribution in [-0.4, -0.2) is 19.4 Å². The molecule has 0 atom stereocenters. The maximum atomic E-state index is 13.3. The number of ether oxygens (including phenoxy) is 1. The summed E-state index contributed by atoms with van der Waals surface area (Å²) < 4.78 is 17.6. The van der Waals surface area contributed by atoms with Crippen LogP contribution in [0.2, 0.25) is 0 Å². The summed E-state index contributed by atoms with van der Waals surface area (Å²) in [4.78, 5) is 21.7. The largest absolute Gasteiger partial charge is 0.465 e. The predicted molar refractivity (Wildman–Crippen MR) is 47.8 cm³/mol. The number of carbonyl (C=O) groups is 2. The molecule has 0 saturated heterocycles. The van der Waals surface area contributed by atoms with Crippen LogP contribution in [0, 0.1) is 17.1 Å². The molecule has 0 aliphatic carbocycles. The first-order valence-corrected chi connectivity index (χ1v) is 3.91. The van der Waals surface area contributed by atoms with Crippen LogP contribution in [0.5, 0.6) is 0 Å². The third-order valence-electron chi connectivity index (χ3n) is 1.77. The van der Waals surface area contributed by atoms with E-state index in [9.17, 15) is 14.0 Å². The van der Waals surface area contributed by atoms with Crippen molar-refractivity contribution in [2.45, 2.75) is 0 Å². The molecule has 5 heteroatoms. The maximum absolute atomic E-state index is 13.3. The summed E-state index contributed by atoms with van der Waals surface area (Å²) in [5.41, 5.74) is -0.674. The van der Waals surface area contributed by atoms with Crippen molar-refractivity contribution in [1.29, 1.82) is 5.26 Å². The van der Waals surface area contributed by atoms with Crippen molar-refractivity contribution in [3.05, 3.63) is 34.6 Å². The van der Waals surface area contributed by atoms with E-state index < -0.39 is 17.3 Å². The van der Waals surface area contributed by atoms with Crippen LogP contribution in [0.3, 0.4) is 0 Å². The summed E-state index contributed by atoms with van der Waals surface area (Å²) in [5, 5.41) is 8.52. The molecule has 0 radical (unpaired) electrons. The van der Waals surface area contributed by atoms with Crippen molar-refractivity contribution in [1.82, 2.24) is 0 Å². The van der Waals surface area contributed by atoms with Gasteiger partial charge in [-0.2, -0.15) is 5.26 Å². The lowest BCUT2D eigenvalue weighted by atomic mass is 10.0. The van der Waals surface area contributed by atoms with Crippen LogP contribution in [-0.2, 0) is 4.74 Å². The molecule has 0 bridgehead atoms. The normalized spacial score (nSPS) is 9.13. The van der Waals surface area contributed by atoms with E-state index in [1.165, 1.54) is 0 Å².